The van der Waals surface area contributed by atoms with E-state index < -0.39 is 5.97 Å². The summed E-state index contributed by atoms with van der Waals surface area (Å²) in [6, 6.07) is 0.160. The molecule has 2 aliphatic rings. The SMILES string of the molecule is CCN(CC(=O)O)C1CC(NC(=O)NC[C@@H]2CCCC[C@H]2O)C1. The topological polar surface area (TPSA) is 102 Å². The molecule has 23 heavy (non-hydrogen) atoms. The summed E-state index contributed by atoms with van der Waals surface area (Å²) in [6.07, 6.45) is 5.26. The number of aliphatic carboxylic acids is 1. The zero-order chi connectivity index (χ0) is 16.8. The summed E-state index contributed by atoms with van der Waals surface area (Å²) in [5.41, 5.74) is 0. The van der Waals surface area contributed by atoms with Gasteiger partial charge in [-0.05, 0) is 32.2 Å². The zero-order valence-corrected chi connectivity index (χ0v) is 13.8. The number of urea groups is 1. The highest BCUT2D eigenvalue weighted by molar-refractivity contribution is 5.74. The fraction of sp³-hybridized carbons (Fsp3) is 0.875. The van der Waals surface area contributed by atoms with Gasteiger partial charge in [-0.2, -0.15) is 0 Å². The monoisotopic (exact) mass is 327 g/mol. The normalized spacial score (nSPS) is 30.6. The van der Waals surface area contributed by atoms with Crippen LogP contribution in [0.1, 0.15) is 45.4 Å². The molecule has 4 N–H and O–H groups in total. The highest BCUT2D eigenvalue weighted by Gasteiger charge is 2.34. The van der Waals surface area contributed by atoms with Crippen LogP contribution in [0.3, 0.4) is 0 Å². The van der Waals surface area contributed by atoms with Crippen LogP contribution in [0.2, 0.25) is 0 Å². The fourth-order valence-corrected chi connectivity index (χ4v) is 3.56. The Balaban J connectivity index is 1.63. The number of carbonyl (C=O) groups is 2. The predicted molar refractivity (Wildman–Crippen MR) is 86.2 cm³/mol. The second-order valence-corrected chi connectivity index (χ2v) is 6.75. The summed E-state index contributed by atoms with van der Waals surface area (Å²) in [5.74, 6) is -0.651. The third kappa shape index (κ3) is 5.35. The Morgan fingerprint density at radius 1 is 1.22 bits per heavy atom. The van der Waals surface area contributed by atoms with E-state index in [1.54, 1.807) is 0 Å². The van der Waals surface area contributed by atoms with Crippen LogP contribution in [-0.4, -0.2) is 64.9 Å². The van der Waals surface area contributed by atoms with Gasteiger partial charge in [0.2, 0.25) is 0 Å². The molecular weight excluding hydrogens is 298 g/mol. The van der Waals surface area contributed by atoms with E-state index in [1.807, 2.05) is 11.8 Å². The van der Waals surface area contributed by atoms with E-state index in [4.69, 9.17) is 5.11 Å². The zero-order valence-electron chi connectivity index (χ0n) is 13.8. The van der Waals surface area contributed by atoms with E-state index >= 15 is 0 Å². The van der Waals surface area contributed by atoms with Gasteiger partial charge < -0.3 is 20.8 Å². The Hall–Kier alpha value is -1.34. The second kappa shape index (κ2) is 8.49. The molecule has 7 heteroatoms. The summed E-state index contributed by atoms with van der Waals surface area (Å²) in [7, 11) is 0. The number of nitrogens with one attached hydrogen (secondary N) is 2. The molecule has 2 rings (SSSR count). The van der Waals surface area contributed by atoms with Crippen LogP contribution in [0.15, 0.2) is 0 Å². The molecule has 0 aromatic heterocycles. The average Bonchev–Trinajstić information content (AvgIpc) is 2.47. The molecule has 0 aromatic carbocycles. The molecule has 0 aromatic rings. The van der Waals surface area contributed by atoms with Gasteiger partial charge in [-0.25, -0.2) is 4.79 Å². The molecule has 0 spiro atoms. The lowest BCUT2D eigenvalue weighted by Gasteiger charge is -2.42. The van der Waals surface area contributed by atoms with Crippen molar-refractivity contribution in [2.75, 3.05) is 19.6 Å². The fourth-order valence-electron chi connectivity index (χ4n) is 3.56. The van der Waals surface area contributed by atoms with Crippen LogP contribution in [0, 0.1) is 5.92 Å². The Morgan fingerprint density at radius 2 is 1.91 bits per heavy atom. The molecule has 0 saturated heterocycles. The third-order valence-corrected chi connectivity index (χ3v) is 5.10. The standard InChI is InChI=1S/C16H29N3O4/c1-2-19(10-15(21)22)13-7-12(8-13)18-16(23)17-9-11-5-3-4-6-14(11)20/h11-14,20H,2-10H2,1H3,(H,21,22)(H2,17,18,23)/t11-,12?,13?,14+/m0/s1. The maximum Gasteiger partial charge on any atom is 0.317 e. The summed E-state index contributed by atoms with van der Waals surface area (Å²) in [5, 5.41) is 24.5. The van der Waals surface area contributed by atoms with Gasteiger partial charge in [-0.1, -0.05) is 19.8 Å². The van der Waals surface area contributed by atoms with E-state index in [-0.39, 0.29) is 36.7 Å². The minimum Gasteiger partial charge on any atom is -0.480 e. The highest BCUT2D eigenvalue weighted by Crippen LogP contribution is 2.26. The second-order valence-electron chi connectivity index (χ2n) is 6.75. The van der Waals surface area contributed by atoms with Gasteiger partial charge in [-0.3, -0.25) is 9.69 Å². The third-order valence-electron chi connectivity index (χ3n) is 5.10. The number of aliphatic hydroxyl groups excluding tert-OH is 1. The van der Waals surface area contributed by atoms with E-state index in [0.29, 0.717) is 13.1 Å². The largest absolute Gasteiger partial charge is 0.480 e. The van der Waals surface area contributed by atoms with Gasteiger partial charge in [-0.15, -0.1) is 0 Å². The maximum absolute atomic E-state index is 11.9. The van der Waals surface area contributed by atoms with E-state index in [0.717, 1.165) is 38.5 Å². The van der Waals surface area contributed by atoms with Crippen molar-refractivity contribution in [3.63, 3.8) is 0 Å². The van der Waals surface area contributed by atoms with E-state index in [9.17, 15) is 14.7 Å². The molecule has 0 radical (unpaired) electrons. The number of carboxylic acid groups (broad SMARTS) is 1. The van der Waals surface area contributed by atoms with E-state index in [1.165, 1.54) is 0 Å². The molecule has 2 atom stereocenters. The number of rotatable bonds is 7. The summed E-state index contributed by atoms with van der Waals surface area (Å²) in [4.78, 5) is 24.6. The van der Waals surface area contributed by atoms with Gasteiger partial charge in [0.1, 0.15) is 0 Å². The molecule has 2 fully saturated rings. The Bertz CT molecular complexity index is 412. The van der Waals surface area contributed by atoms with Gasteiger partial charge >= 0.3 is 12.0 Å². The lowest BCUT2D eigenvalue weighted by molar-refractivity contribution is -0.139. The number of aliphatic hydroxyl groups is 1. The first-order chi connectivity index (χ1) is 11.0. The van der Waals surface area contributed by atoms with Crippen molar-refractivity contribution in [3.8, 4) is 0 Å². The first-order valence-corrected chi connectivity index (χ1v) is 8.67. The van der Waals surface area contributed by atoms with Crippen LogP contribution in [0.4, 0.5) is 4.79 Å². The van der Waals surface area contributed by atoms with Crippen molar-refractivity contribution in [1.82, 2.24) is 15.5 Å². The molecule has 132 valence electrons. The molecule has 2 aliphatic carbocycles. The van der Waals surface area contributed by atoms with Crippen molar-refractivity contribution >= 4 is 12.0 Å². The van der Waals surface area contributed by atoms with Crippen LogP contribution in [0.25, 0.3) is 0 Å². The molecule has 0 bridgehead atoms. The first-order valence-electron chi connectivity index (χ1n) is 8.67. The van der Waals surface area contributed by atoms with Crippen molar-refractivity contribution < 1.29 is 19.8 Å². The van der Waals surface area contributed by atoms with Gasteiger partial charge in [0.25, 0.3) is 0 Å². The molecule has 0 unspecified atom stereocenters. The molecular formula is C16H29N3O4. The van der Waals surface area contributed by atoms with Crippen LogP contribution < -0.4 is 10.6 Å². The predicted octanol–water partition coefficient (Wildman–Crippen LogP) is 0.774. The van der Waals surface area contributed by atoms with Crippen molar-refractivity contribution in [2.45, 2.75) is 63.6 Å². The molecule has 7 nitrogen and oxygen atoms in total. The molecule has 0 heterocycles. The highest BCUT2D eigenvalue weighted by atomic mass is 16.4. The number of amides is 2. The minimum atomic E-state index is -0.813. The smallest absolute Gasteiger partial charge is 0.317 e. The Kier molecular flexibility index (Phi) is 6.65. The quantitative estimate of drug-likeness (QED) is 0.553. The summed E-state index contributed by atoms with van der Waals surface area (Å²) in [6.45, 7) is 3.23. The number of carbonyl (C=O) groups excluding carboxylic acids is 1. The lowest BCUT2D eigenvalue weighted by atomic mass is 9.85. The Morgan fingerprint density at radius 3 is 2.52 bits per heavy atom. The lowest BCUT2D eigenvalue weighted by Crippen LogP contribution is -2.56. The maximum atomic E-state index is 11.9. The molecule has 2 amide bonds. The van der Waals surface area contributed by atoms with Gasteiger partial charge in [0.05, 0.1) is 12.6 Å². The number of likely N-dealkylation sites (N-methyl/N-ethyl adjacent to an activating group) is 1. The molecule has 0 aliphatic heterocycles. The van der Waals surface area contributed by atoms with Crippen LogP contribution in [-0.2, 0) is 4.79 Å². The van der Waals surface area contributed by atoms with Crippen LogP contribution >= 0.6 is 0 Å². The number of hydrogen-bond donors (Lipinski definition) is 4. The number of carboxylic acids is 1. The van der Waals surface area contributed by atoms with Crippen molar-refractivity contribution in [1.29, 1.82) is 0 Å². The minimum absolute atomic E-state index is 0.0552. The van der Waals surface area contributed by atoms with Crippen molar-refractivity contribution in [3.05, 3.63) is 0 Å². The number of hydrogen-bond acceptors (Lipinski definition) is 4. The average molecular weight is 327 g/mol. The summed E-state index contributed by atoms with van der Waals surface area (Å²) >= 11 is 0. The van der Waals surface area contributed by atoms with Gasteiger partial charge in [0, 0.05) is 24.5 Å². The first kappa shape index (κ1) is 18.0. The molecule has 2 saturated carbocycles. The van der Waals surface area contributed by atoms with Crippen LogP contribution in [0.5, 0.6) is 0 Å². The number of nitrogens with zero attached hydrogens (tertiary/aromatic N) is 1. The Labute approximate surface area is 137 Å². The van der Waals surface area contributed by atoms with E-state index in [2.05, 4.69) is 10.6 Å². The van der Waals surface area contributed by atoms with Crippen molar-refractivity contribution in [2.24, 2.45) is 5.92 Å². The summed E-state index contributed by atoms with van der Waals surface area (Å²) < 4.78 is 0. The van der Waals surface area contributed by atoms with Gasteiger partial charge in [0.15, 0.2) is 0 Å².